The minimum Gasteiger partial charge on any atom is -0.0840 e. The Labute approximate surface area is 97.6 Å². The van der Waals surface area contributed by atoms with Crippen molar-refractivity contribution in [3.05, 3.63) is 33.3 Å². The largest absolute Gasteiger partial charge is 0.0840 e. The number of hydrogen-bond donors (Lipinski definition) is 0. The zero-order valence-electron chi connectivity index (χ0n) is 9.70. The van der Waals surface area contributed by atoms with Gasteiger partial charge in [0.2, 0.25) is 0 Å². The highest BCUT2D eigenvalue weighted by Gasteiger charge is 2.19. The summed E-state index contributed by atoms with van der Waals surface area (Å²) in [5.41, 5.74) is 6.10. The van der Waals surface area contributed by atoms with Crippen LogP contribution in [0.4, 0.5) is 0 Å². The number of rotatable bonds is 3. The SMILES string of the molecule is CCCc1cc(Cl)c2c(c1CC)CCC2. The first-order valence-corrected chi connectivity index (χ1v) is 6.47. The zero-order chi connectivity index (χ0) is 10.8. The van der Waals surface area contributed by atoms with E-state index in [1.165, 1.54) is 43.2 Å². The summed E-state index contributed by atoms with van der Waals surface area (Å²) in [7, 11) is 0. The molecule has 1 heteroatoms. The van der Waals surface area contributed by atoms with E-state index in [1.54, 1.807) is 11.1 Å². The Hall–Kier alpha value is -0.490. The van der Waals surface area contributed by atoms with E-state index in [9.17, 15) is 0 Å². The van der Waals surface area contributed by atoms with Gasteiger partial charge in [-0.3, -0.25) is 0 Å². The van der Waals surface area contributed by atoms with Crippen LogP contribution in [0.5, 0.6) is 0 Å². The number of benzene rings is 1. The van der Waals surface area contributed by atoms with Crippen LogP contribution in [0.3, 0.4) is 0 Å². The molecule has 0 N–H and O–H groups in total. The Bertz CT molecular complexity index is 366. The summed E-state index contributed by atoms with van der Waals surface area (Å²) in [6.45, 7) is 4.50. The number of fused-ring (bicyclic) bond motifs is 1. The molecular weight excluding hydrogens is 204 g/mol. The van der Waals surface area contributed by atoms with E-state index in [0.29, 0.717) is 0 Å². The monoisotopic (exact) mass is 222 g/mol. The minimum atomic E-state index is 1.02. The molecule has 2 rings (SSSR count). The van der Waals surface area contributed by atoms with Crippen LogP contribution in [0.1, 0.15) is 48.9 Å². The fourth-order valence-electron chi connectivity index (χ4n) is 2.79. The van der Waals surface area contributed by atoms with Gasteiger partial charge in [-0.25, -0.2) is 0 Å². The molecule has 1 aromatic rings. The number of hydrogen-bond acceptors (Lipinski definition) is 0. The lowest BCUT2D eigenvalue weighted by molar-refractivity contribution is 0.880. The van der Waals surface area contributed by atoms with Crippen LogP contribution in [0.25, 0.3) is 0 Å². The topological polar surface area (TPSA) is 0 Å². The molecule has 82 valence electrons. The van der Waals surface area contributed by atoms with Crippen molar-refractivity contribution < 1.29 is 0 Å². The van der Waals surface area contributed by atoms with E-state index in [1.807, 2.05) is 0 Å². The van der Waals surface area contributed by atoms with Gasteiger partial charge < -0.3 is 0 Å². The maximum absolute atomic E-state index is 6.34. The molecule has 0 saturated heterocycles. The standard InChI is InChI=1S/C14H19Cl/c1-3-6-10-9-14(15)13-8-5-7-12(13)11(10)4-2/h9H,3-8H2,1-2H3. The van der Waals surface area contributed by atoms with Gasteiger partial charge in [0.25, 0.3) is 0 Å². The van der Waals surface area contributed by atoms with Gasteiger partial charge in [0, 0.05) is 5.02 Å². The predicted molar refractivity (Wildman–Crippen MR) is 66.9 cm³/mol. The van der Waals surface area contributed by atoms with Crippen molar-refractivity contribution in [2.45, 2.75) is 52.4 Å². The minimum absolute atomic E-state index is 1.02. The zero-order valence-corrected chi connectivity index (χ0v) is 10.5. The van der Waals surface area contributed by atoms with Crippen LogP contribution in [-0.4, -0.2) is 0 Å². The molecule has 0 fully saturated rings. The molecule has 1 aliphatic rings. The Kier molecular flexibility index (Phi) is 3.35. The maximum atomic E-state index is 6.34. The van der Waals surface area contributed by atoms with Crippen molar-refractivity contribution in [2.24, 2.45) is 0 Å². The van der Waals surface area contributed by atoms with Crippen LogP contribution in [0.2, 0.25) is 5.02 Å². The van der Waals surface area contributed by atoms with E-state index in [2.05, 4.69) is 19.9 Å². The summed E-state index contributed by atoms with van der Waals surface area (Å²) >= 11 is 6.34. The summed E-state index contributed by atoms with van der Waals surface area (Å²) < 4.78 is 0. The van der Waals surface area contributed by atoms with Crippen molar-refractivity contribution in [3.63, 3.8) is 0 Å². The first-order chi connectivity index (χ1) is 7.27. The maximum Gasteiger partial charge on any atom is 0.0443 e. The van der Waals surface area contributed by atoms with E-state index in [4.69, 9.17) is 11.6 Å². The summed E-state index contributed by atoms with van der Waals surface area (Å²) in [6, 6.07) is 2.22. The Balaban J connectivity index is 2.52. The highest BCUT2D eigenvalue weighted by molar-refractivity contribution is 6.31. The average molecular weight is 223 g/mol. The highest BCUT2D eigenvalue weighted by atomic mass is 35.5. The lowest BCUT2D eigenvalue weighted by Gasteiger charge is -2.14. The van der Waals surface area contributed by atoms with Crippen LogP contribution >= 0.6 is 11.6 Å². The lowest BCUT2D eigenvalue weighted by atomic mass is 9.93. The fourth-order valence-corrected chi connectivity index (χ4v) is 3.13. The van der Waals surface area contributed by atoms with E-state index in [0.717, 1.165) is 11.4 Å². The third kappa shape index (κ3) is 1.92. The molecule has 0 radical (unpaired) electrons. The molecule has 0 aromatic heterocycles. The van der Waals surface area contributed by atoms with Crippen molar-refractivity contribution in [1.29, 1.82) is 0 Å². The molecule has 0 atom stereocenters. The van der Waals surface area contributed by atoms with Gasteiger partial charge in [0.15, 0.2) is 0 Å². The summed E-state index contributed by atoms with van der Waals surface area (Å²) in [6.07, 6.45) is 7.27. The summed E-state index contributed by atoms with van der Waals surface area (Å²) in [4.78, 5) is 0. The molecule has 0 heterocycles. The fraction of sp³-hybridized carbons (Fsp3) is 0.571. The Morgan fingerprint density at radius 1 is 1.20 bits per heavy atom. The summed E-state index contributed by atoms with van der Waals surface area (Å²) in [5.74, 6) is 0. The smallest absolute Gasteiger partial charge is 0.0443 e. The highest BCUT2D eigenvalue weighted by Crippen LogP contribution is 2.34. The average Bonchev–Trinajstić information content (AvgIpc) is 2.68. The van der Waals surface area contributed by atoms with Gasteiger partial charge in [-0.2, -0.15) is 0 Å². The molecule has 1 aliphatic carbocycles. The first-order valence-electron chi connectivity index (χ1n) is 6.09. The van der Waals surface area contributed by atoms with Gasteiger partial charge in [0.05, 0.1) is 0 Å². The first kappa shape index (κ1) is 11.0. The quantitative estimate of drug-likeness (QED) is 0.714. The molecule has 1 aromatic carbocycles. The van der Waals surface area contributed by atoms with Crippen molar-refractivity contribution in [1.82, 2.24) is 0 Å². The summed E-state index contributed by atoms with van der Waals surface area (Å²) in [5, 5.41) is 1.02. The predicted octanol–water partition coefficient (Wildman–Crippen LogP) is 4.34. The van der Waals surface area contributed by atoms with Gasteiger partial charge in [0.1, 0.15) is 0 Å². The van der Waals surface area contributed by atoms with Gasteiger partial charge >= 0.3 is 0 Å². The molecule has 15 heavy (non-hydrogen) atoms. The van der Waals surface area contributed by atoms with Crippen LogP contribution < -0.4 is 0 Å². The lowest BCUT2D eigenvalue weighted by Crippen LogP contribution is -2.00. The van der Waals surface area contributed by atoms with Gasteiger partial charge in [-0.1, -0.05) is 31.9 Å². The Morgan fingerprint density at radius 3 is 2.60 bits per heavy atom. The molecule has 0 saturated carbocycles. The van der Waals surface area contributed by atoms with Crippen molar-refractivity contribution >= 4 is 11.6 Å². The number of halogens is 1. The molecular formula is C14H19Cl. The molecule has 0 aliphatic heterocycles. The van der Waals surface area contributed by atoms with Crippen LogP contribution in [-0.2, 0) is 25.7 Å². The normalized spacial score (nSPS) is 14.3. The molecule has 0 spiro atoms. The second kappa shape index (κ2) is 4.57. The molecule has 0 bridgehead atoms. The van der Waals surface area contributed by atoms with E-state index in [-0.39, 0.29) is 0 Å². The van der Waals surface area contributed by atoms with Crippen LogP contribution in [0, 0.1) is 0 Å². The Morgan fingerprint density at radius 2 is 1.93 bits per heavy atom. The third-order valence-electron chi connectivity index (χ3n) is 3.43. The second-order valence-corrected chi connectivity index (χ2v) is 4.82. The molecule has 0 unspecified atom stereocenters. The van der Waals surface area contributed by atoms with E-state index >= 15 is 0 Å². The van der Waals surface area contributed by atoms with Crippen molar-refractivity contribution in [2.75, 3.05) is 0 Å². The van der Waals surface area contributed by atoms with E-state index < -0.39 is 0 Å². The second-order valence-electron chi connectivity index (χ2n) is 4.41. The number of aryl methyl sites for hydroxylation is 1. The van der Waals surface area contributed by atoms with Gasteiger partial charge in [-0.05, 0) is 60.4 Å². The molecule has 0 amide bonds. The van der Waals surface area contributed by atoms with Crippen LogP contribution in [0.15, 0.2) is 6.07 Å². The van der Waals surface area contributed by atoms with Crippen molar-refractivity contribution in [3.8, 4) is 0 Å². The third-order valence-corrected chi connectivity index (χ3v) is 3.77. The molecule has 0 nitrogen and oxygen atoms in total. The van der Waals surface area contributed by atoms with Gasteiger partial charge in [-0.15, -0.1) is 0 Å².